The molecule has 3 nitrogen and oxygen atoms in total. The molecule has 0 saturated carbocycles. The van der Waals surface area contributed by atoms with Gasteiger partial charge < -0.3 is 0 Å². The SMILES string of the molecule is Cc1ccccc1.N#Cc1cn[nH]c1. The number of H-pyrrole nitrogens is 1. The number of rotatable bonds is 0. The number of hydrogen-bond donors (Lipinski definition) is 1. The highest BCUT2D eigenvalue weighted by Crippen LogP contribution is 1.92. The lowest BCUT2D eigenvalue weighted by Crippen LogP contribution is -1.62. The zero-order valence-electron chi connectivity index (χ0n) is 7.94. The third-order valence-corrected chi connectivity index (χ3v) is 1.57. The van der Waals surface area contributed by atoms with E-state index >= 15 is 0 Å². The molecule has 0 aliphatic rings. The number of hydrogen-bond acceptors (Lipinski definition) is 2. The van der Waals surface area contributed by atoms with Crippen molar-refractivity contribution in [2.45, 2.75) is 6.92 Å². The van der Waals surface area contributed by atoms with Gasteiger partial charge in [0.25, 0.3) is 0 Å². The molecule has 14 heavy (non-hydrogen) atoms. The summed E-state index contributed by atoms with van der Waals surface area (Å²) in [4.78, 5) is 0. The van der Waals surface area contributed by atoms with Gasteiger partial charge in [-0.05, 0) is 6.92 Å². The quantitative estimate of drug-likeness (QED) is 0.684. The number of aromatic amines is 1. The largest absolute Gasteiger partial charge is 0.284 e. The Morgan fingerprint density at radius 1 is 1.29 bits per heavy atom. The van der Waals surface area contributed by atoms with Crippen molar-refractivity contribution in [1.82, 2.24) is 10.2 Å². The summed E-state index contributed by atoms with van der Waals surface area (Å²) in [5.41, 5.74) is 1.89. The van der Waals surface area contributed by atoms with Crippen LogP contribution in [0.4, 0.5) is 0 Å². The van der Waals surface area contributed by atoms with E-state index in [9.17, 15) is 0 Å². The molecule has 2 rings (SSSR count). The van der Waals surface area contributed by atoms with Crippen LogP contribution in [-0.2, 0) is 0 Å². The number of aryl methyl sites for hydroxylation is 1. The minimum atomic E-state index is 0.569. The summed E-state index contributed by atoms with van der Waals surface area (Å²) < 4.78 is 0. The lowest BCUT2D eigenvalue weighted by molar-refractivity contribution is 1.09. The number of aromatic nitrogens is 2. The summed E-state index contributed by atoms with van der Waals surface area (Å²) in [6.07, 6.45) is 3.01. The molecule has 0 aliphatic heterocycles. The van der Waals surface area contributed by atoms with Gasteiger partial charge in [-0.2, -0.15) is 10.4 Å². The predicted molar refractivity (Wildman–Crippen MR) is 54.5 cm³/mol. The van der Waals surface area contributed by atoms with Crippen LogP contribution in [0.25, 0.3) is 0 Å². The van der Waals surface area contributed by atoms with Gasteiger partial charge in [0, 0.05) is 6.20 Å². The molecule has 0 atom stereocenters. The van der Waals surface area contributed by atoms with Gasteiger partial charge in [0.15, 0.2) is 0 Å². The van der Waals surface area contributed by atoms with E-state index in [0.717, 1.165) is 0 Å². The third kappa shape index (κ3) is 3.55. The standard InChI is InChI=1S/C7H8.C4H3N3/c1-7-5-3-2-4-6-7;5-1-4-2-6-7-3-4/h2-6H,1H3;2-3H,(H,6,7). The Hall–Kier alpha value is -2.08. The fourth-order valence-corrected chi connectivity index (χ4v) is 0.846. The van der Waals surface area contributed by atoms with Gasteiger partial charge >= 0.3 is 0 Å². The summed E-state index contributed by atoms with van der Waals surface area (Å²) >= 11 is 0. The maximum atomic E-state index is 8.12. The summed E-state index contributed by atoms with van der Waals surface area (Å²) in [5.74, 6) is 0. The van der Waals surface area contributed by atoms with Gasteiger partial charge in [0.05, 0.1) is 11.8 Å². The second-order valence-corrected chi connectivity index (χ2v) is 2.75. The summed E-state index contributed by atoms with van der Waals surface area (Å²) in [5, 5.41) is 14.2. The molecular formula is C11H11N3. The van der Waals surface area contributed by atoms with Crippen molar-refractivity contribution in [3.8, 4) is 6.07 Å². The van der Waals surface area contributed by atoms with E-state index in [-0.39, 0.29) is 0 Å². The zero-order chi connectivity index (χ0) is 10.2. The Bertz CT molecular complexity index is 384. The first kappa shape index (κ1) is 10.0. The second-order valence-electron chi connectivity index (χ2n) is 2.75. The summed E-state index contributed by atoms with van der Waals surface area (Å²) in [6, 6.07) is 12.2. The van der Waals surface area contributed by atoms with E-state index < -0.39 is 0 Å². The van der Waals surface area contributed by atoms with E-state index in [0.29, 0.717) is 5.56 Å². The Labute approximate surface area is 83.0 Å². The van der Waals surface area contributed by atoms with E-state index in [1.807, 2.05) is 24.3 Å². The van der Waals surface area contributed by atoms with E-state index in [1.54, 1.807) is 6.20 Å². The second kappa shape index (κ2) is 5.55. The van der Waals surface area contributed by atoms with Gasteiger partial charge in [-0.25, -0.2) is 0 Å². The minimum Gasteiger partial charge on any atom is -0.284 e. The Balaban J connectivity index is 0.000000140. The molecule has 0 unspecified atom stereocenters. The molecule has 0 aliphatic carbocycles. The molecule has 3 heteroatoms. The molecule has 0 bridgehead atoms. The van der Waals surface area contributed by atoms with Crippen molar-refractivity contribution in [2.75, 3.05) is 0 Å². The summed E-state index contributed by atoms with van der Waals surface area (Å²) in [7, 11) is 0. The third-order valence-electron chi connectivity index (χ3n) is 1.57. The lowest BCUT2D eigenvalue weighted by atomic mass is 10.2. The van der Waals surface area contributed by atoms with Crippen molar-refractivity contribution < 1.29 is 0 Å². The molecule has 0 amide bonds. The molecule has 1 N–H and O–H groups in total. The van der Waals surface area contributed by atoms with Crippen molar-refractivity contribution in [1.29, 1.82) is 5.26 Å². The van der Waals surface area contributed by atoms with Crippen LogP contribution in [0, 0.1) is 18.3 Å². The normalized spacial score (nSPS) is 8.29. The van der Waals surface area contributed by atoms with Gasteiger partial charge in [-0.3, -0.25) is 5.10 Å². The average Bonchev–Trinajstić information content (AvgIpc) is 2.72. The number of benzene rings is 1. The van der Waals surface area contributed by atoms with Gasteiger partial charge in [0.2, 0.25) is 0 Å². The molecule has 1 heterocycles. The molecule has 0 saturated heterocycles. The van der Waals surface area contributed by atoms with Crippen molar-refractivity contribution in [2.24, 2.45) is 0 Å². The maximum absolute atomic E-state index is 8.12. The number of nitriles is 1. The minimum absolute atomic E-state index is 0.569. The van der Waals surface area contributed by atoms with Crippen LogP contribution in [0.15, 0.2) is 42.7 Å². The highest BCUT2D eigenvalue weighted by Gasteiger charge is 1.82. The topological polar surface area (TPSA) is 52.5 Å². The highest BCUT2D eigenvalue weighted by molar-refractivity contribution is 5.20. The first-order valence-electron chi connectivity index (χ1n) is 4.23. The molecule has 1 aromatic heterocycles. The first-order valence-corrected chi connectivity index (χ1v) is 4.23. The highest BCUT2D eigenvalue weighted by atomic mass is 15.1. The maximum Gasteiger partial charge on any atom is 0.102 e. The number of nitrogens with zero attached hydrogens (tertiary/aromatic N) is 2. The summed E-state index contributed by atoms with van der Waals surface area (Å²) in [6.45, 7) is 2.08. The van der Waals surface area contributed by atoms with Gasteiger partial charge in [-0.1, -0.05) is 35.9 Å². The van der Waals surface area contributed by atoms with Crippen molar-refractivity contribution in [3.05, 3.63) is 53.9 Å². The van der Waals surface area contributed by atoms with Crippen LogP contribution in [0.3, 0.4) is 0 Å². The molecule has 0 radical (unpaired) electrons. The van der Waals surface area contributed by atoms with Crippen LogP contribution in [0.5, 0.6) is 0 Å². The van der Waals surface area contributed by atoms with Gasteiger partial charge in [-0.15, -0.1) is 0 Å². The number of nitrogens with one attached hydrogen (secondary N) is 1. The Kier molecular flexibility index (Phi) is 3.96. The monoisotopic (exact) mass is 185 g/mol. The van der Waals surface area contributed by atoms with Crippen molar-refractivity contribution >= 4 is 0 Å². The van der Waals surface area contributed by atoms with E-state index in [1.165, 1.54) is 11.8 Å². The first-order chi connectivity index (χ1) is 6.83. The van der Waals surface area contributed by atoms with Gasteiger partial charge in [0.1, 0.15) is 6.07 Å². The molecule has 0 spiro atoms. The van der Waals surface area contributed by atoms with Crippen molar-refractivity contribution in [3.63, 3.8) is 0 Å². The van der Waals surface area contributed by atoms with E-state index in [2.05, 4.69) is 29.3 Å². The Morgan fingerprint density at radius 2 is 2.00 bits per heavy atom. The van der Waals surface area contributed by atoms with Crippen LogP contribution in [-0.4, -0.2) is 10.2 Å². The van der Waals surface area contributed by atoms with E-state index in [4.69, 9.17) is 5.26 Å². The molecule has 1 aromatic carbocycles. The Morgan fingerprint density at radius 3 is 2.29 bits per heavy atom. The van der Waals surface area contributed by atoms with Crippen LogP contribution >= 0.6 is 0 Å². The van der Waals surface area contributed by atoms with Crippen LogP contribution in [0.2, 0.25) is 0 Å². The predicted octanol–water partition coefficient (Wildman–Crippen LogP) is 2.28. The van der Waals surface area contributed by atoms with Crippen LogP contribution in [0.1, 0.15) is 11.1 Å². The fraction of sp³-hybridized carbons (Fsp3) is 0.0909. The molecular weight excluding hydrogens is 174 g/mol. The molecule has 70 valence electrons. The zero-order valence-corrected chi connectivity index (χ0v) is 7.94. The van der Waals surface area contributed by atoms with Crippen LogP contribution < -0.4 is 0 Å². The average molecular weight is 185 g/mol. The smallest absolute Gasteiger partial charge is 0.102 e. The fourth-order valence-electron chi connectivity index (χ4n) is 0.846. The molecule has 2 aromatic rings. The lowest BCUT2D eigenvalue weighted by Gasteiger charge is -1.82. The molecule has 0 fully saturated rings.